The molecule has 1 amide bonds. The maximum absolute atomic E-state index is 13.2. The van der Waals surface area contributed by atoms with E-state index in [-0.39, 0.29) is 18.5 Å². The van der Waals surface area contributed by atoms with Gasteiger partial charge in [0.05, 0.1) is 6.20 Å². The molecule has 33 heavy (non-hydrogen) atoms. The number of aromatic nitrogens is 2. The fraction of sp³-hybridized carbons (Fsp3) is 0.480. The zero-order valence-electron chi connectivity index (χ0n) is 20.2. The van der Waals surface area contributed by atoms with Crippen LogP contribution in [-0.2, 0) is 11.5 Å². The van der Waals surface area contributed by atoms with E-state index in [1.165, 1.54) is 11.8 Å². The Balaban J connectivity index is 1.80. The first-order chi connectivity index (χ1) is 15.5. The number of nitrogens with zero attached hydrogens (tertiary/aromatic N) is 3. The van der Waals surface area contributed by atoms with Crippen LogP contribution in [0.15, 0.2) is 34.9 Å². The van der Waals surface area contributed by atoms with Crippen LogP contribution in [0.1, 0.15) is 55.0 Å². The molecule has 1 aliphatic rings. The van der Waals surface area contributed by atoms with E-state index in [2.05, 4.69) is 71.9 Å². The normalized spacial score (nSPS) is 15.6. The summed E-state index contributed by atoms with van der Waals surface area (Å²) >= 11 is 3.56. The molecule has 0 unspecified atom stereocenters. The first-order valence-corrected chi connectivity index (χ1v) is 15.8. The molecule has 1 N–H and O–H groups in total. The van der Waals surface area contributed by atoms with Crippen LogP contribution in [0.4, 0.5) is 5.69 Å². The van der Waals surface area contributed by atoms with E-state index in [0.717, 1.165) is 41.0 Å². The molecule has 0 spiro atoms. The molecule has 1 aromatic carbocycles. The molecule has 0 bridgehead atoms. The average molecular weight is 530 g/mol. The van der Waals surface area contributed by atoms with Crippen molar-refractivity contribution in [2.45, 2.75) is 65.5 Å². The summed E-state index contributed by atoms with van der Waals surface area (Å²) in [7, 11) is -1.23. The highest BCUT2D eigenvalue weighted by molar-refractivity contribution is 9.10. The molecule has 2 aromatic rings. The number of nitriles is 1. The Morgan fingerprint density at radius 2 is 2.12 bits per heavy atom. The first kappa shape index (κ1) is 25.4. The van der Waals surface area contributed by atoms with Gasteiger partial charge in [-0.15, -0.1) is 0 Å². The molecule has 1 aromatic heterocycles. The molecular weight excluding hydrogens is 496 g/mol. The van der Waals surface area contributed by atoms with E-state index in [9.17, 15) is 10.1 Å². The summed E-state index contributed by atoms with van der Waals surface area (Å²) < 4.78 is 8.31. The van der Waals surface area contributed by atoms with Crippen molar-refractivity contribution in [3.8, 4) is 6.07 Å². The van der Waals surface area contributed by atoms with Gasteiger partial charge in [0.2, 0.25) is 5.82 Å². The lowest BCUT2D eigenvalue weighted by molar-refractivity contribution is 0.0804. The van der Waals surface area contributed by atoms with E-state index in [1.807, 2.05) is 18.2 Å². The highest BCUT2D eigenvalue weighted by Gasteiger charge is 2.24. The maximum Gasteiger partial charge on any atom is 0.291 e. The van der Waals surface area contributed by atoms with E-state index in [4.69, 9.17) is 4.74 Å². The topological polar surface area (TPSA) is 79.9 Å². The smallest absolute Gasteiger partial charge is 0.291 e. The highest BCUT2D eigenvalue weighted by Crippen LogP contribution is 2.40. The summed E-state index contributed by atoms with van der Waals surface area (Å²) in [6, 6.07) is 8.98. The fourth-order valence-corrected chi connectivity index (χ4v) is 4.82. The zero-order chi connectivity index (χ0) is 24.2. The van der Waals surface area contributed by atoms with Gasteiger partial charge in [0, 0.05) is 30.4 Å². The Hall–Kier alpha value is -2.21. The highest BCUT2D eigenvalue weighted by atomic mass is 79.9. The number of imidazole rings is 1. The SMILES string of the molecule is CC1(C)CC=C(c2cc(Br)ccc2NC(=O)c2ncc(C#N)n2COCC[Si](C)(C)C)CC1. The van der Waals surface area contributed by atoms with Crippen LogP contribution in [0.5, 0.6) is 0 Å². The van der Waals surface area contributed by atoms with E-state index >= 15 is 0 Å². The second-order valence-corrected chi connectivity index (χ2v) is 17.1. The summed E-state index contributed by atoms with van der Waals surface area (Å²) in [4.78, 5) is 17.4. The third-order valence-corrected chi connectivity index (χ3v) is 8.14. The molecule has 0 saturated carbocycles. The predicted molar refractivity (Wildman–Crippen MR) is 139 cm³/mol. The Bertz CT molecular complexity index is 1090. The van der Waals surface area contributed by atoms with Crippen molar-refractivity contribution in [1.29, 1.82) is 5.26 Å². The first-order valence-electron chi connectivity index (χ1n) is 11.3. The summed E-state index contributed by atoms with van der Waals surface area (Å²) in [5, 5.41) is 12.5. The van der Waals surface area contributed by atoms with Gasteiger partial charge in [-0.1, -0.05) is 55.5 Å². The van der Waals surface area contributed by atoms with Crippen LogP contribution < -0.4 is 5.32 Å². The van der Waals surface area contributed by atoms with Crippen LogP contribution in [-0.4, -0.2) is 30.1 Å². The third-order valence-electron chi connectivity index (χ3n) is 5.94. The summed E-state index contributed by atoms with van der Waals surface area (Å²) in [5.74, 6) is -0.183. The minimum atomic E-state index is -1.23. The largest absolute Gasteiger partial charge is 0.361 e. The second-order valence-electron chi connectivity index (χ2n) is 10.6. The molecule has 8 heteroatoms. The number of benzene rings is 1. The van der Waals surface area contributed by atoms with E-state index in [0.29, 0.717) is 17.7 Å². The Kier molecular flexibility index (Phi) is 7.99. The number of nitrogens with one attached hydrogen (secondary N) is 1. The van der Waals surface area contributed by atoms with Crippen LogP contribution in [0.3, 0.4) is 0 Å². The number of rotatable bonds is 8. The number of carbonyl (C=O) groups excluding carboxylic acids is 1. The van der Waals surface area contributed by atoms with Crippen molar-refractivity contribution >= 4 is 41.2 Å². The quantitative estimate of drug-likeness (QED) is 0.306. The van der Waals surface area contributed by atoms with E-state index in [1.54, 1.807) is 4.57 Å². The van der Waals surface area contributed by atoms with Gasteiger partial charge in [0.1, 0.15) is 18.5 Å². The van der Waals surface area contributed by atoms with Gasteiger partial charge < -0.3 is 10.1 Å². The van der Waals surface area contributed by atoms with Gasteiger partial charge in [-0.05, 0) is 54.5 Å². The fourth-order valence-electron chi connectivity index (χ4n) is 3.70. The minimum absolute atomic E-state index is 0.129. The number of ether oxygens (including phenoxy) is 1. The zero-order valence-corrected chi connectivity index (χ0v) is 22.8. The van der Waals surface area contributed by atoms with Crippen LogP contribution in [0.2, 0.25) is 25.7 Å². The Morgan fingerprint density at radius 3 is 2.76 bits per heavy atom. The van der Waals surface area contributed by atoms with Gasteiger partial charge in [-0.3, -0.25) is 9.36 Å². The monoisotopic (exact) mass is 528 g/mol. The maximum atomic E-state index is 13.2. The predicted octanol–water partition coefficient (Wildman–Crippen LogP) is 6.68. The van der Waals surface area contributed by atoms with Crippen molar-refractivity contribution in [3.63, 3.8) is 0 Å². The average Bonchev–Trinajstić information content (AvgIpc) is 3.15. The van der Waals surface area contributed by atoms with Gasteiger partial charge in [-0.25, -0.2) is 4.98 Å². The lowest BCUT2D eigenvalue weighted by Crippen LogP contribution is -2.23. The van der Waals surface area contributed by atoms with Crippen molar-refractivity contribution < 1.29 is 9.53 Å². The molecular formula is C25H33BrN4O2Si. The number of allylic oxidation sites excluding steroid dienone is 2. The number of hydrogen-bond donors (Lipinski definition) is 1. The lowest BCUT2D eigenvalue weighted by atomic mass is 9.77. The number of hydrogen-bond acceptors (Lipinski definition) is 4. The van der Waals surface area contributed by atoms with Crippen molar-refractivity contribution in [2.75, 3.05) is 11.9 Å². The minimum Gasteiger partial charge on any atom is -0.361 e. The molecule has 1 heterocycles. The van der Waals surface area contributed by atoms with Gasteiger partial charge in [0.15, 0.2) is 0 Å². The number of amides is 1. The van der Waals surface area contributed by atoms with Crippen LogP contribution >= 0.6 is 15.9 Å². The second kappa shape index (κ2) is 10.4. The molecule has 3 rings (SSSR count). The van der Waals surface area contributed by atoms with Crippen LogP contribution in [0.25, 0.3) is 5.57 Å². The Labute approximate surface area is 206 Å². The van der Waals surface area contributed by atoms with Gasteiger partial charge in [-0.2, -0.15) is 5.26 Å². The van der Waals surface area contributed by atoms with E-state index < -0.39 is 8.07 Å². The number of anilines is 1. The third kappa shape index (κ3) is 6.89. The number of halogens is 1. The molecule has 0 saturated heterocycles. The molecule has 6 nitrogen and oxygen atoms in total. The molecule has 0 fully saturated rings. The van der Waals surface area contributed by atoms with Gasteiger partial charge >= 0.3 is 0 Å². The summed E-state index contributed by atoms with van der Waals surface area (Å²) in [6.07, 6.45) is 6.77. The molecule has 0 atom stereocenters. The summed E-state index contributed by atoms with van der Waals surface area (Å²) in [5.41, 5.74) is 3.59. The molecule has 176 valence electrons. The Morgan fingerprint density at radius 1 is 1.36 bits per heavy atom. The lowest BCUT2D eigenvalue weighted by Gasteiger charge is -2.29. The molecule has 0 aliphatic heterocycles. The van der Waals surface area contributed by atoms with Gasteiger partial charge in [0.25, 0.3) is 5.91 Å². The van der Waals surface area contributed by atoms with Crippen molar-refractivity contribution in [3.05, 3.63) is 52.0 Å². The summed E-state index contributed by atoms with van der Waals surface area (Å²) in [6.45, 7) is 12.1. The molecule has 0 radical (unpaired) electrons. The number of carbonyl (C=O) groups is 1. The standard InChI is InChI=1S/C25H33BrN4O2Si/c1-25(2)10-8-18(9-11-25)21-14-19(26)6-7-22(21)29-24(31)23-28-16-20(15-27)30(23)17-32-12-13-33(3,4)5/h6-8,14,16H,9-13,17H2,1-5H3,(H,29,31). The van der Waals surface area contributed by atoms with Crippen LogP contribution in [0, 0.1) is 16.7 Å². The van der Waals surface area contributed by atoms with Crippen molar-refractivity contribution in [1.82, 2.24) is 9.55 Å². The van der Waals surface area contributed by atoms with Crippen molar-refractivity contribution in [2.24, 2.45) is 5.41 Å². The molecule has 1 aliphatic carbocycles.